The van der Waals surface area contributed by atoms with Crippen molar-refractivity contribution in [3.63, 3.8) is 0 Å². The van der Waals surface area contributed by atoms with Crippen molar-refractivity contribution in [1.82, 2.24) is 0 Å². The third-order valence-electron chi connectivity index (χ3n) is 6.31. The lowest BCUT2D eigenvalue weighted by atomic mass is 9.79. The number of thioether (sulfide) groups is 2. The van der Waals surface area contributed by atoms with E-state index in [1.807, 2.05) is 23.5 Å². The molecule has 0 amide bonds. The molecule has 0 saturated carbocycles. The summed E-state index contributed by atoms with van der Waals surface area (Å²) in [5.41, 5.74) is 4.74. The maximum Gasteiger partial charge on any atom is 0.341 e. The van der Waals surface area contributed by atoms with E-state index >= 15 is 0 Å². The summed E-state index contributed by atoms with van der Waals surface area (Å²) < 4.78 is 5.81. The van der Waals surface area contributed by atoms with Gasteiger partial charge in [-0.15, -0.1) is 23.5 Å². The Balaban J connectivity index is 0.00000411. The Hall–Kier alpha value is -1.63. The van der Waals surface area contributed by atoms with Crippen molar-refractivity contribution in [2.24, 2.45) is 5.41 Å². The molecule has 0 aliphatic heterocycles. The van der Waals surface area contributed by atoms with E-state index in [9.17, 15) is 9.90 Å². The number of hydrogen-bond donors (Lipinski definition) is 2. The van der Waals surface area contributed by atoms with Crippen LogP contribution in [0.5, 0.6) is 5.75 Å². The van der Waals surface area contributed by atoms with Crippen LogP contribution < -0.4 is 4.74 Å². The molecule has 2 aromatic rings. The van der Waals surface area contributed by atoms with E-state index in [-0.39, 0.29) is 32.3 Å². The molecule has 0 atom stereocenters. The predicted molar refractivity (Wildman–Crippen MR) is 179 cm³/mol. The number of ether oxygens (including phenoxy) is 1. The summed E-state index contributed by atoms with van der Waals surface area (Å²) >= 11 is 3.77. The molecule has 2 rings (SSSR count). The zero-order valence-electron chi connectivity index (χ0n) is 28.3. The van der Waals surface area contributed by atoms with E-state index in [0.29, 0.717) is 5.75 Å². The van der Waals surface area contributed by atoms with Gasteiger partial charge in [0.1, 0.15) is 5.75 Å². The number of aliphatic hydroxyl groups is 1. The van der Waals surface area contributed by atoms with E-state index in [1.165, 1.54) is 20.9 Å². The topological polar surface area (TPSA) is 66.8 Å². The van der Waals surface area contributed by atoms with Gasteiger partial charge in [-0.1, -0.05) is 89.2 Å². The number of benzene rings is 2. The Morgan fingerprint density at radius 2 is 1.12 bits per heavy atom. The summed E-state index contributed by atoms with van der Waals surface area (Å²) in [6.45, 7) is 30.9. The molecule has 0 aliphatic rings. The van der Waals surface area contributed by atoms with E-state index in [0.717, 1.165) is 24.7 Å². The van der Waals surface area contributed by atoms with Crippen LogP contribution in [-0.4, -0.2) is 34.0 Å². The van der Waals surface area contributed by atoms with Crippen molar-refractivity contribution in [2.75, 3.05) is 13.7 Å². The summed E-state index contributed by atoms with van der Waals surface area (Å²) in [5.74, 6) is -0.258. The molecule has 0 aromatic heterocycles. The molecule has 2 N–H and O–H groups in total. The maximum absolute atomic E-state index is 11.4. The van der Waals surface area contributed by atoms with Crippen LogP contribution in [0, 0.1) is 5.41 Å². The molecule has 0 heterocycles. The summed E-state index contributed by atoms with van der Waals surface area (Å²) in [6, 6.07) is 11.5. The van der Waals surface area contributed by atoms with Crippen LogP contribution in [-0.2, 0) is 27.5 Å². The van der Waals surface area contributed by atoms with Gasteiger partial charge in [-0.05, 0) is 77.3 Å². The van der Waals surface area contributed by atoms with E-state index in [1.54, 1.807) is 0 Å². The molecule has 0 saturated heterocycles. The molecule has 0 bridgehead atoms. The minimum Gasteiger partial charge on any atom is -0.481 e. The maximum atomic E-state index is 11.4. The van der Waals surface area contributed by atoms with E-state index in [4.69, 9.17) is 9.84 Å². The number of aliphatic hydroxyl groups excluding tert-OH is 1. The number of carbonyl (C=O) groups is 1. The van der Waals surface area contributed by atoms with Crippen molar-refractivity contribution >= 4 is 29.5 Å². The Morgan fingerprint density at radius 3 is 1.49 bits per heavy atom. The quantitative estimate of drug-likeness (QED) is 0.231. The van der Waals surface area contributed by atoms with Crippen LogP contribution in [0.25, 0.3) is 0 Å². The first-order valence-corrected chi connectivity index (χ1v) is 16.0. The lowest BCUT2D eigenvalue weighted by Gasteiger charge is -2.32. The number of carboxylic acids is 1. The largest absolute Gasteiger partial charge is 0.481 e. The van der Waals surface area contributed by atoms with Gasteiger partial charge in [0, 0.05) is 28.0 Å². The van der Waals surface area contributed by atoms with Crippen LogP contribution in [0.4, 0.5) is 0 Å². The van der Waals surface area contributed by atoms with Crippen molar-refractivity contribution in [1.29, 1.82) is 0 Å². The minimum absolute atomic E-state index is 0.0789. The molecular formula is C35H56O4S2. The van der Waals surface area contributed by atoms with Gasteiger partial charge in [0.25, 0.3) is 0 Å². The minimum atomic E-state index is -0.964. The Kier molecular flexibility index (Phi) is 12.6. The van der Waals surface area contributed by atoms with Gasteiger partial charge in [-0.3, -0.25) is 0 Å². The first kappa shape index (κ1) is 37.4. The lowest BCUT2D eigenvalue weighted by molar-refractivity contribution is -0.139. The van der Waals surface area contributed by atoms with Gasteiger partial charge >= 0.3 is 5.97 Å². The third kappa shape index (κ3) is 12.2. The molecule has 0 aliphatic carbocycles. The van der Waals surface area contributed by atoms with Crippen LogP contribution in [0.1, 0.15) is 119 Å². The molecule has 0 spiro atoms. The number of aliphatic carboxylic acids is 1. The van der Waals surface area contributed by atoms with Crippen molar-refractivity contribution in [3.8, 4) is 5.75 Å². The second kappa shape index (κ2) is 13.8. The number of rotatable bonds is 8. The zero-order valence-corrected chi connectivity index (χ0v) is 30.0. The van der Waals surface area contributed by atoms with E-state index in [2.05, 4.69) is 127 Å². The van der Waals surface area contributed by atoms with Crippen LogP contribution in [0.3, 0.4) is 0 Å². The molecule has 0 unspecified atom stereocenters. The Morgan fingerprint density at radius 1 is 0.683 bits per heavy atom. The molecule has 2 aromatic carbocycles. The molecule has 0 radical (unpaired) electrons. The van der Waals surface area contributed by atoms with Gasteiger partial charge < -0.3 is 14.9 Å². The molecule has 41 heavy (non-hydrogen) atoms. The smallest absolute Gasteiger partial charge is 0.341 e. The third-order valence-corrected chi connectivity index (χ3v) is 8.74. The van der Waals surface area contributed by atoms with Crippen molar-refractivity contribution in [2.45, 2.75) is 133 Å². The fourth-order valence-corrected chi connectivity index (χ4v) is 7.15. The van der Waals surface area contributed by atoms with Crippen molar-refractivity contribution in [3.05, 3.63) is 52.6 Å². The fourth-order valence-electron chi connectivity index (χ4n) is 4.52. The average molecular weight is 605 g/mol. The van der Waals surface area contributed by atoms with Gasteiger partial charge in [0.2, 0.25) is 0 Å². The fraction of sp³-hybridized carbons (Fsp3) is 0.629. The summed E-state index contributed by atoms with van der Waals surface area (Å²) in [7, 11) is 1.00. The monoisotopic (exact) mass is 604 g/mol. The van der Waals surface area contributed by atoms with Gasteiger partial charge in [-0.2, -0.15) is 0 Å². The predicted octanol–water partition coefficient (Wildman–Crippen LogP) is 9.86. The highest BCUT2D eigenvalue weighted by Crippen LogP contribution is 2.49. The number of carboxylic acid groups (broad SMARTS) is 1. The molecule has 6 heteroatoms. The lowest BCUT2D eigenvalue weighted by Crippen LogP contribution is -2.22. The second-order valence-corrected chi connectivity index (χ2v) is 19.1. The van der Waals surface area contributed by atoms with Crippen molar-refractivity contribution < 1.29 is 19.7 Å². The van der Waals surface area contributed by atoms with Crippen LogP contribution in [0.15, 0.2) is 40.1 Å². The first-order valence-electron chi connectivity index (χ1n) is 14.4. The van der Waals surface area contributed by atoms with Gasteiger partial charge in [0.15, 0.2) is 6.61 Å². The SMILES string of the molecule is CC(C)(C)Cc1cc(SC(C)(C)Sc2cc(C(C)(C)C)c(OCC(=O)O)c(C(C)(C)C)c2)cc(C(C)(C)C)c1.CO. The second-order valence-electron chi connectivity index (χ2n) is 15.5. The zero-order chi connectivity index (χ0) is 32.2. The highest BCUT2D eigenvalue weighted by Gasteiger charge is 2.31. The summed E-state index contributed by atoms with van der Waals surface area (Å²) in [5, 5.41) is 16.3. The summed E-state index contributed by atoms with van der Waals surface area (Å²) in [4.78, 5) is 13.8. The molecular weight excluding hydrogens is 549 g/mol. The normalized spacial score (nSPS) is 13.0. The van der Waals surface area contributed by atoms with E-state index < -0.39 is 5.97 Å². The Bertz CT molecular complexity index is 1140. The molecule has 0 fully saturated rings. The highest BCUT2D eigenvalue weighted by atomic mass is 32.2. The standard InChI is InChI=1S/C34H52O3S2.CH4O/c1-30(2,3)20-22-15-23(31(4,5)6)17-24(16-22)38-34(13,14)39-25-18-26(32(7,8)9)29(37-21-28(35)36)27(19-25)33(10,11)12;1-2/h15-19H,20-21H2,1-14H3,(H,35,36);2H,1H3. The highest BCUT2D eigenvalue weighted by molar-refractivity contribution is 8.18. The van der Waals surface area contributed by atoms with Gasteiger partial charge in [0.05, 0.1) is 4.08 Å². The molecule has 232 valence electrons. The van der Waals surface area contributed by atoms with Gasteiger partial charge in [-0.25, -0.2) is 4.79 Å². The van der Waals surface area contributed by atoms with Crippen LogP contribution in [0.2, 0.25) is 0 Å². The number of hydrogen-bond acceptors (Lipinski definition) is 5. The Labute approximate surface area is 259 Å². The molecule has 4 nitrogen and oxygen atoms in total. The first-order chi connectivity index (χ1) is 18.4. The van der Waals surface area contributed by atoms with Crippen LogP contribution >= 0.6 is 23.5 Å². The average Bonchev–Trinajstić information content (AvgIpc) is 2.75. The summed E-state index contributed by atoms with van der Waals surface area (Å²) in [6.07, 6.45) is 1.04.